The van der Waals surface area contributed by atoms with Crippen LogP contribution in [-0.2, 0) is 10.2 Å². The summed E-state index contributed by atoms with van der Waals surface area (Å²) in [7, 11) is 0. The summed E-state index contributed by atoms with van der Waals surface area (Å²) in [5.74, 6) is 0.307. The fourth-order valence-corrected chi connectivity index (χ4v) is 2.62. The summed E-state index contributed by atoms with van der Waals surface area (Å²) in [6, 6.07) is 4.21. The average Bonchev–Trinajstić information content (AvgIpc) is 2.95. The van der Waals surface area contributed by atoms with E-state index in [9.17, 15) is 4.79 Å². The number of benzene rings is 1. The lowest BCUT2D eigenvalue weighted by molar-refractivity contribution is -0.119. The molecular formula is C13H15BrO. The van der Waals surface area contributed by atoms with Crippen LogP contribution in [0, 0.1) is 13.8 Å². The van der Waals surface area contributed by atoms with Gasteiger partial charge in [0.1, 0.15) is 5.78 Å². The lowest BCUT2D eigenvalue weighted by atomic mass is 9.88. The summed E-state index contributed by atoms with van der Waals surface area (Å²) in [5, 5.41) is 0. The molecule has 0 N–H and O–H groups in total. The lowest BCUT2D eigenvalue weighted by Crippen LogP contribution is -2.18. The Morgan fingerprint density at radius 3 is 2.40 bits per heavy atom. The van der Waals surface area contributed by atoms with Crippen LogP contribution in [0.3, 0.4) is 0 Å². The van der Waals surface area contributed by atoms with Gasteiger partial charge in [0.25, 0.3) is 0 Å². The second kappa shape index (κ2) is 3.44. The number of rotatable bonds is 2. The number of carbonyl (C=O) groups is 1. The van der Waals surface area contributed by atoms with Gasteiger partial charge in [0.15, 0.2) is 0 Å². The summed E-state index contributed by atoms with van der Waals surface area (Å²) in [5.41, 5.74) is 3.52. The summed E-state index contributed by atoms with van der Waals surface area (Å²) < 4.78 is 1.15. The van der Waals surface area contributed by atoms with E-state index in [1.54, 1.807) is 6.92 Å². The van der Waals surface area contributed by atoms with E-state index in [0.29, 0.717) is 5.78 Å². The Morgan fingerprint density at radius 2 is 1.93 bits per heavy atom. The average molecular weight is 267 g/mol. The Labute approximate surface area is 99.0 Å². The van der Waals surface area contributed by atoms with E-state index in [0.717, 1.165) is 17.3 Å². The third kappa shape index (κ3) is 1.55. The zero-order chi connectivity index (χ0) is 11.2. The van der Waals surface area contributed by atoms with Gasteiger partial charge in [0.05, 0.1) is 5.41 Å². The number of hydrogen-bond donors (Lipinski definition) is 0. The summed E-state index contributed by atoms with van der Waals surface area (Å²) in [6.45, 7) is 5.88. The fraction of sp³-hybridized carbons (Fsp3) is 0.462. The maximum atomic E-state index is 11.7. The van der Waals surface area contributed by atoms with Crippen LogP contribution in [0.1, 0.15) is 36.5 Å². The highest BCUT2D eigenvalue weighted by Crippen LogP contribution is 2.51. The molecule has 1 saturated carbocycles. The van der Waals surface area contributed by atoms with Crippen molar-refractivity contribution >= 4 is 21.7 Å². The van der Waals surface area contributed by atoms with E-state index in [1.807, 2.05) is 0 Å². The highest BCUT2D eigenvalue weighted by Gasteiger charge is 2.49. The Kier molecular flexibility index (Phi) is 2.50. The Hall–Kier alpha value is -0.630. The second-order valence-corrected chi connectivity index (χ2v) is 5.30. The van der Waals surface area contributed by atoms with Gasteiger partial charge in [-0.1, -0.05) is 28.1 Å². The number of carbonyl (C=O) groups excluding carboxylic acids is 1. The van der Waals surface area contributed by atoms with Gasteiger partial charge in [-0.05, 0) is 50.3 Å². The summed E-state index contributed by atoms with van der Waals surface area (Å²) in [6.07, 6.45) is 2.03. The van der Waals surface area contributed by atoms with E-state index in [-0.39, 0.29) is 5.41 Å². The Balaban J connectivity index is 2.55. The minimum absolute atomic E-state index is 0.152. The SMILES string of the molecule is CC(=O)C1(c2ccc(C)c(Br)c2C)CC1. The molecule has 0 radical (unpaired) electrons. The van der Waals surface area contributed by atoms with E-state index in [4.69, 9.17) is 0 Å². The highest BCUT2D eigenvalue weighted by atomic mass is 79.9. The molecule has 0 spiro atoms. The molecular weight excluding hydrogens is 252 g/mol. The standard InChI is InChI=1S/C13H15BrO/c1-8-4-5-11(9(2)12(8)14)13(6-7-13)10(3)15/h4-5H,6-7H2,1-3H3. The fourth-order valence-electron chi connectivity index (χ4n) is 2.27. The van der Waals surface area contributed by atoms with Gasteiger partial charge in [-0.15, -0.1) is 0 Å². The smallest absolute Gasteiger partial charge is 0.140 e. The topological polar surface area (TPSA) is 17.1 Å². The van der Waals surface area contributed by atoms with Crippen LogP contribution in [0.15, 0.2) is 16.6 Å². The largest absolute Gasteiger partial charge is 0.299 e. The second-order valence-electron chi connectivity index (χ2n) is 4.51. The van der Waals surface area contributed by atoms with Crippen LogP contribution in [-0.4, -0.2) is 5.78 Å². The van der Waals surface area contributed by atoms with Crippen molar-refractivity contribution in [2.24, 2.45) is 0 Å². The molecule has 15 heavy (non-hydrogen) atoms. The number of ketones is 1. The quantitative estimate of drug-likeness (QED) is 0.798. The monoisotopic (exact) mass is 266 g/mol. The van der Waals surface area contributed by atoms with E-state index in [2.05, 4.69) is 41.9 Å². The van der Waals surface area contributed by atoms with Crippen molar-refractivity contribution in [3.05, 3.63) is 33.3 Å². The molecule has 80 valence electrons. The van der Waals surface area contributed by atoms with Crippen LogP contribution < -0.4 is 0 Å². The lowest BCUT2D eigenvalue weighted by Gasteiger charge is -2.17. The van der Waals surface area contributed by atoms with Crippen LogP contribution in [0.5, 0.6) is 0 Å². The van der Waals surface area contributed by atoms with Gasteiger partial charge in [-0.2, -0.15) is 0 Å². The van der Waals surface area contributed by atoms with E-state index >= 15 is 0 Å². The molecule has 0 aliphatic heterocycles. The maximum Gasteiger partial charge on any atom is 0.140 e. The Bertz CT molecular complexity index is 430. The van der Waals surface area contributed by atoms with Gasteiger partial charge >= 0.3 is 0 Å². The molecule has 1 aromatic carbocycles. The van der Waals surface area contributed by atoms with Crippen LogP contribution in [0.25, 0.3) is 0 Å². The van der Waals surface area contributed by atoms with Crippen molar-refractivity contribution in [3.63, 3.8) is 0 Å². The molecule has 2 heteroatoms. The molecule has 0 heterocycles. The predicted molar refractivity (Wildman–Crippen MR) is 65.2 cm³/mol. The van der Waals surface area contributed by atoms with E-state index < -0.39 is 0 Å². The minimum atomic E-state index is -0.152. The van der Waals surface area contributed by atoms with Crippen molar-refractivity contribution in [2.75, 3.05) is 0 Å². The molecule has 0 unspecified atom stereocenters. The van der Waals surface area contributed by atoms with Crippen molar-refractivity contribution in [1.82, 2.24) is 0 Å². The normalized spacial score (nSPS) is 17.6. The van der Waals surface area contributed by atoms with Gasteiger partial charge in [-0.25, -0.2) is 0 Å². The number of hydrogen-bond acceptors (Lipinski definition) is 1. The van der Waals surface area contributed by atoms with Gasteiger partial charge in [0, 0.05) is 4.47 Å². The van der Waals surface area contributed by atoms with Crippen LogP contribution in [0.2, 0.25) is 0 Å². The number of halogens is 1. The molecule has 0 atom stereocenters. The summed E-state index contributed by atoms with van der Waals surface area (Å²) >= 11 is 3.59. The zero-order valence-corrected chi connectivity index (χ0v) is 10.9. The summed E-state index contributed by atoms with van der Waals surface area (Å²) in [4.78, 5) is 11.7. The first-order valence-corrected chi connectivity index (χ1v) is 6.05. The first-order valence-electron chi connectivity index (χ1n) is 5.26. The van der Waals surface area contributed by atoms with Crippen LogP contribution in [0.4, 0.5) is 0 Å². The first kappa shape index (κ1) is 10.9. The molecule has 1 nitrogen and oxygen atoms in total. The zero-order valence-electron chi connectivity index (χ0n) is 9.36. The van der Waals surface area contributed by atoms with Gasteiger partial charge in [-0.3, -0.25) is 4.79 Å². The molecule has 0 saturated heterocycles. The van der Waals surface area contributed by atoms with Crippen molar-refractivity contribution < 1.29 is 4.79 Å². The number of aryl methyl sites for hydroxylation is 1. The molecule has 0 amide bonds. The van der Waals surface area contributed by atoms with Crippen LogP contribution >= 0.6 is 15.9 Å². The number of Topliss-reactive ketones (excluding diaryl/α,β-unsaturated/α-hetero) is 1. The highest BCUT2D eigenvalue weighted by molar-refractivity contribution is 9.10. The third-order valence-electron chi connectivity index (χ3n) is 3.52. The minimum Gasteiger partial charge on any atom is -0.299 e. The Morgan fingerprint density at radius 1 is 1.33 bits per heavy atom. The van der Waals surface area contributed by atoms with Crippen molar-refractivity contribution in [1.29, 1.82) is 0 Å². The molecule has 1 aliphatic carbocycles. The van der Waals surface area contributed by atoms with Crippen molar-refractivity contribution in [2.45, 2.75) is 39.0 Å². The molecule has 0 aromatic heterocycles. The molecule has 1 aliphatic rings. The van der Waals surface area contributed by atoms with Gasteiger partial charge < -0.3 is 0 Å². The first-order chi connectivity index (χ1) is 6.99. The van der Waals surface area contributed by atoms with Gasteiger partial charge in [0.2, 0.25) is 0 Å². The molecule has 0 bridgehead atoms. The van der Waals surface area contributed by atoms with E-state index in [1.165, 1.54) is 16.7 Å². The maximum absolute atomic E-state index is 11.7. The molecule has 1 fully saturated rings. The third-order valence-corrected chi connectivity index (χ3v) is 4.74. The predicted octanol–water partition coefficient (Wildman–Crippen LogP) is 3.69. The van der Waals surface area contributed by atoms with Crippen molar-refractivity contribution in [3.8, 4) is 0 Å². The molecule has 1 aromatic rings. The molecule has 2 rings (SSSR count).